The van der Waals surface area contributed by atoms with Crippen molar-refractivity contribution in [2.24, 2.45) is 17.8 Å². The van der Waals surface area contributed by atoms with E-state index in [0.29, 0.717) is 12.8 Å². The highest BCUT2D eigenvalue weighted by atomic mass is 16.5. The topological polar surface area (TPSA) is 125 Å². The largest absolute Gasteiger partial charge is 0.463 e. The van der Waals surface area contributed by atoms with Crippen LogP contribution in [-0.4, -0.2) is 88.2 Å². The van der Waals surface area contributed by atoms with E-state index in [4.69, 9.17) is 9.47 Å². The number of carbonyl (C=O) groups excluding carboxylic acids is 4. The molecule has 4 aliphatic heterocycles. The number of carbonyl (C=O) groups is 4. The van der Waals surface area contributed by atoms with E-state index in [0.717, 1.165) is 18.4 Å². The van der Waals surface area contributed by atoms with Crippen LogP contribution in [0.5, 0.6) is 0 Å². The van der Waals surface area contributed by atoms with Gasteiger partial charge in [-0.25, -0.2) is 0 Å². The summed E-state index contributed by atoms with van der Waals surface area (Å²) in [5.41, 5.74) is -0.585. The Bertz CT molecular complexity index is 1310. The highest BCUT2D eigenvalue weighted by Crippen LogP contribution is 2.56. The zero-order chi connectivity index (χ0) is 32.3. The van der Waals surface area contributed by atoms with E-state index in [1.165, 1.54) is 4.90 Å². The lowest BCUT2D eigenvalue weighted by atomic mass is 9.74. The van der Waals surface area contributed by atoms with Crippen molar-refractivity contribution >= 4 is 23.7 Å². The number of nitrogens with one attached hydrogen (secondary N) is 1. The third-order valence-corrected chi connectivity index (χ3v) is 9.63. The third kappa shape index (κ3) is 6.31. The van der Waals surface area contributed by atoms with Crippen LogP contribution in [0.15, 0.2) is 54.6 Å². The number of hydrogen-bond donors (Lipinski definition) is 2. The van der Waals surface area contributed by atoms with Crippen LogP contribution in [-0.2, 0) is 28.7 Å². The van der Waals surface area contributed by atoms with Gasteiger partial charge in [0.05, 0.1) is 36.6 Å². The number of aliphatic hydroxyl groups excluding tert-OH is 1. The molecule has 4 heterocycles. The van der Waals surface area contributed by atoms with Gasteiger partial charge in [0.1, 0.15) is 18.2 Å². The average molecular weight is 622 g/mol. The SMILES string of the molecule is CCCC(C)N1C/C=C\CCC(=O)OC[C@@H](c2ccccc2)NC(=O)[C@@H]2[C@@H]3C=C[C@]4(O3)[C@H](C1=O)N([C@@H](CO)CC(C)C)C(=O)[C@@H]24. The van der Waals surface area contributed by atoms with E-state index in [1.54, 1.807) is 17.1 Å². The second-order valence-electron chi connectivity index (χ2n) is 13.2. The van der Waals surface area contributed by atoms with Crippen LogP contribution in [0.3, 0.4) is 0 Å². The van der Waals surface area contributed by atoms with Crippen LogP contribution < -0.4 is 5.32 Å². The summed E-state index contributed by atoms with van der Waals surface area (Å²) in [5, 5.41) is 13.6. The summed E-state index contributed by atoms with van der Waals surface area (Å²) < 4.78 is 12.2. The second-order valence-corrected chi connectivity index (χ2v) is 13.2. The molecule has 2 saturated heterocycles. The first-order valence-corrected chi connectivity index (χ1v) is 16.4. The van der Waals surface area contributed by atoms with Crippen LogP contribution >= 0.6 is 0 Å². The first-order chi connectivity index (χ1) is 21.6. The molecular weight excluding hydrogens is 574 g/mol. The Morgan fingerprint density at radius 2 is 1.82 bits per heavy atom. The van der Waals surface area contributed by atoms with Gasteiger partial charge in [-0.1, -0.05) is 81.8 Å². The lowest BCUT2D eigenvalue weighted by Gasteiger charge is -2.40. The summed E-state index contributed by atoms with van der Waals surface area (Å²) >= 11 is 0. The predicted octanol–water partition coefficient (Wildman–Crippen LogP) is 3.31. The molecule has 2 fully saturated rings. The molecule has 8 atom stereocenters. The normalized spacial score (nSPS) is 32.4. The van der Waals surface area contributed by atoms with Crippen LogP contribution in [0.2, 0.25) is 0 Å². The van der Waals surface area contributed by atoms with Gasteiger partial charge >= 0.3 is 5.97 Å². The monoisotopic (exact) mass is 621 g/mol. The zero-order valence-electron chi connectivity index (χ0n) is 26.8. The number of cyclic esters (lactones) is 1. The van der Waals surface area contributed by atoms with Crippen molar-refractivity contribution in [3.8, 4) is 0 Å². The number of benzene rings is 1. The molecule has 10 nitrogen and oxygen atoms in total. The smallest absolute Gasteiger partial charge is 0.306 e. The van der Waals surface area contributed by atoms with Gasteiger partial charge in [-0.05, 0) is 37.7 Å². The zero-order valence-corrected chi connectivity index (χ0v) is 26.8. The van der Waals surface area contributed by atoms with Gasteiger partial charge < -0.3 is 29.7 Å². The molecule has 10 heteroatoms. The molecule has 0 aliphatic carbocycles. The van der Waals surface area contributed by atoms with Crippen LogP contribution in [0, 0.1) is 17.8 Å². The molecule has 45 heavy (non-hydrogen) atoms. The summed E-state index contributed by atoms with van der Waals surface area (Å²) in [5.74, 6) is -3.13. The molecule has 0 saturated carbocycles. The Labute approximate surface area is 265 Å². The summed E-state index contributed by atoms with van der Waals surface area (Å²) in [6.07, 6.45) is 9.35. The highest BCUT2D eigenvalue weighted by molar-refractivity contribution is 6.00. The molecule has 1 aromatic carbocycles. The number of aliphatic hydroxyl groups is 1. The number of fused-ring (bicyclic) bond motifs is 2. The maximum absolute atomic E-state index is 14.8. The molecule has 1 aromatic rings. The summed E-state index contributed by atoms with van der Waals surface area (Å²) in [7, 11) is 0. The van der Waals surface area contributed by atoms with Crippen molar-refractivity contribution in [2.45, 2.75) is 95.7 Å². The Morgan fingerprint density at radius 3 is 2.51 bits per heavy atom. The maximum Gasteiger partial charge on any atom is 0.306 e. The molecule has 244 valence electrons. The molecule has 2 N–H and O–H groups in total. The number of allylic oxidation sites excluding steroid dienone is 1. The van der Waals surface area contributed by atoms with E-state index in [2.05, 4.69) is 12.2 Å². The molecule has 3 amide bonds. The molecule has 1 spiro atoms. The quantitative estimate of drug-likeness (QED) is 0.337. The Morgan fingerprint density at radius 1 is 1.07 bits per heavy atom. The minimum atomic E-state index is -1.35. The molecule has 5 rings (SSSR count). The molecular formula is C35H47N3O7. The van der Waals surface area contributed by atoms with E-state index < -0.39 is 47.6 Å². The molecule has 4 aliphatic rings. The minimum Gasteiger partial charge on any atom is -0.463 e. The fourth-order valence-corrected chi connectivity index (χ4v) is 7.55. The maximum atomic E-state index is 14.8. The van der Waals surface area contributed by atoms with Crippen molar-refractivity contribution in [2.75, 3.05) is 19.8 Å². The van der Waals surface area contributed by atoms with Gasteiger partial charge in [-0.15, -0.1) is 0 Å². The van der Waals surface area contributed by atoms with E-state index in [-0.39, 0.29) is 55.9 Å². The number of ether oxygens (including phenoxy) is 2. The lowest BCUT2D eigenvalue weighted by molar-refractivity contribution is -0.152. The number of amides is 3. The summed E-state index contributed by atoms with van der Waals surface area (Å²) in [6.45, 7) is 7.99. The lowest BCUT2D eigenvalue weighted by Crippen LogP contribution is -2.60. The number of hydrogen-bond acceptors (Lipinski definition) is 7. The minimum absolute atomic E-state index is 0.0628. The number of rotatable bonds is 8. The Kier molecular flexibility index (Phi) is 10.1. The van der Waals surface area contributed by atoms with Crippen molar-refractivity contribution in [1.82, 2.24) is 15.1 Å². The van der Waals surface area contributed by atoms with E-state index >= 15 is 0 Å². The fraction of sp³-hybridized carbons (Fsp3) is 0.600. The second kappa shape index (κ2) is 13.9. The summed E-state index contributed by atoms with van der Waals surface area (Å²) in [4.78, 5) is 59.5. The summed E-state index contributed by atoms with van der Waals surface area (Å²) in [6, 6.07) is 6.82. The number of nitrogens with zero attached hydrogens (tertiary/aromatic N) is 2. The van der Waals surface area contributed by atoms with Crippen molar-refractivity contribution in [3.05, 3.63) is 60.2 Å². The van der Waals surface area contributed by atoms with Gasteiger partial charge in [-0.2, -0.15) is 0 Å². The average Bonchev–Trinajstić information content (AvgIpc) is 3.66. The van der Waals surface area contributed by atoms with Crippen molar-refractivity contribution in [1.29, 1.82) is 0 Å². The van der Waals surface area contributed by atoms with Crippen LogP contribution in [0.25, 0.3) is 0 Å². The number of esters is 1. The standard InChI is InChI=1S/C35H47N3O7/c1-5-12-23(4)37-18-11-7-10-15-28(40)44-21-26(24-13-8-6-9-14-24)36-32(41)29-27-16-17-35(45-27)30(29)33(42)38(31(35)34(37)43)25(20-39)19-22(2)3/h6-9,11,13-14,16-17,22-23,25-27,29-31,39H,5,10,12,15,18-21H2,1-4H3,(H,36,41)/b11-7-/t23?,25-,26+,27+,29-,30-,31+,35-/m1/s1. The Hall–Kier alpha value is -3.50. The highest BCUT2D eigenvalue weighted by Gasteiger charge is 2.73. The fourth-order valence-electron chi connectivity index (χ4n) is 7.55. The van der Waals surface area contributed by atoms with Crippen LogP contribution in [0.4, 0.5) is 0 Å². The third-order valence-electron chi connectivity index (χ3n) is 9.63. The van der Waals surface area contributed by atoms with Crippen molar-refractivity contribution < 1.29 is 33.8 Å². The van der Waals surface area contributed by atoms with Gasteiger partial charge in [0, 0.05) is 19.0 Å². The van der Waals surface area contributed by atoms with Crippen molar-refractivity contribution in [3.63, 3.8) is 0 Å². The first-order valence-electron chi connectivity index (χ1n) is 16.4. The molecule has 1 unspecified atom stereocenters. The molecule has 0 radical (unpaired) electrons. The predicted molar refractivity (Wildman–Crippen MR) is 167 cm³/mol. The number of likely N-dealkylation sites (tertiary alicyclic amines) is 1. The van der Waals surface area contributed by atoms with Crippen LogP contribution in [0.1, 0.15) is 71.4 Å². The van der Waals surface area contributed by atoms with Gasteiger partial charge in [0.25, 0.3) is 0 Å². The van der Waals surface area contributed by atoms with Gasteiger partial charge in [0.15, 0.2) is 0 Å². The first kappa shape index (κ1) is 32.9. The van der Waals surface area contributed by atoms with E-state index in [9.17, 15) is 24.3 Å². The molecule has 5 bridgehead atoms. The van der Waals surface area contributed by atoms with Gasteiger partial charge in [0.2, 0.25) is 17.7 Å². The van der Waals surface area contributed by atoms with Gasteiger partial charge in [-0.3, -0.25) is 19.2 Å². The molecule has 0 aromatic heterocycles. The Balaban J connectivity index is 1.60. The van der Waals surface area contributed by atoms with E-state index in [1.807, 2.05) is 63.3 Å².